The zero-order chi connectivity index (χ0) is 19.2. The fourth-order valence-corrected chi connectivity index (χ4v) is 3.54. The fraction of sp³-hybridized carbons (Fsp3) is 0.444. The summed E-state index contributed by atoms with van der Waals surface area (Å²) in [6, 6.07) is 4.15. The van der Waals surface area contributed by atoms with Gasteiger partial charge in [-0.15, -0.1) is 0 Å². The van der Waals surface area contributed by atoms with Gasteiger partial charge in [-0.25, -0.2) is 27.0 Å². The third-order valence-corrected chi connectivity index (χ3v) is 5.20. The van der Waals surface area contributed by atoms with Gasteiger partial charge < -0.3 is 4.90 Å². The summed E-state index contributed by atoms with van der Waals surface area (Å²) < 4.78 is 55.0. The summed E-state index contributed by atoms with van der Waals surface area (Å²) in [6.07, 6.45) is 2.06. The van der Waals surface area contributed by atoms with E-state index in [0.717, 1.165) is 10.7 Å². The molecule has 27 heavy (non-hydrogen) atoms. The van der Waals surface area contributed by atoms with Crippen molar-refractivity contribution in [3.63, 3.8) is 0 Å². The first-order valence-corrected chi connectivity index (χ1v) is 8.78. The second-order valence-corrected chi connectivity index (χ2v) is 6.98. The van der Waals surface area contributed by atoms with E-state index in [0.29, 0.717) is 31.5 Å². The van der Waals surface area contributed by atoms with Crippen LogP contribution < -0.4 is 5.32 Å². The minimum absolute atomic E-state index is 0.166. The SMILES string of the molecule is O=C(Nc1ccnn1C1CC1(F)F)N1CCC(c2cccc(F)c2F)CC1. The first-order valence-electron chi connectivity index (χ1n) is 8.78. The molecule has 2 heterocycles. The van der Waals surface area contributed by atoms with Gasteiger partial charge >= 0.3 is 6.03 Å². The highest BCUT2D eigenvalue weighted by Gasteiger charge is 2.59. The number of urea groups is 1. The number of anilines is 1. The van der Waals surface area contributed by atoms with Gasteiger partial charge in [0, 0.05) is 25.6 Å². The van der Waals surface area contributed by atoms with Crippen molar-refractivity contribution in [3.8, 4) is 0 Å². The van der Waals surface area contributed by atoms with Gasteiger partial charge in [0.2, 0.25) is 0 Å². The molecule has 144 valence electrons. The number of carbonyl (C=O) groups is 1. The number of nitrogens with one attached hydrogen (secondary N) is 1. The number of aromatic nitrogens is 2. The average molecular weight is 382 g/mol. The molecule has 1 atom stereocenters. The van der Waals surface area contributed by atoms with Gasteiger partial charge in [0.15, 0.2) is 11.6 Å². The number of hydrogen-bond donors (Lipinski definition) is 1. The van der Waals surface area contributed by atoms with Gasteiger partial charge in [-0.05, 0) is 30.4 Å². The second-order valence-electron chi connectivity index (χ2n) is 6.98. The number of amides is 2. The molecule has 2 fully saturated rings. The Hall–Kier alpha value is -2.58. The van der Waals surface area contributed by atoms with Crippen LogP contribution in [0.5, 0.6) is 0 Å². The Kier molecular flexibility index (Phi) is 4.32. The van der Waals surface area contributed by atoms with Crippen LogP contribution in [0.25, 0.3) is 0 Å². The summed E-state index contributed by atoms with van der Waals surface area (Å²) in [7, 11) is 0. The molecule has 1 aromatic carbocycles. The Bertz CT molecular complexity index is 861. The number of hydrogen-bond acceptors (Lipinski definition) is 2. The van der Waals surface area contributed by atoms with Crippen molar-refractivity contribution in [1.82, 2.24) is 14.7 Å². The summed E-state index contributed by atoms with van der Waals surface area (Å²) >= 11 is 0. The first-order chi connectivity index (χ1) is 12.9. The lowest BCUT2D eigenvalue weighted by atomic mass is 9.89. The van der Waals surface area contributed by atoms with Crippen LogP contribution >= 0.6 is 0 Å². The van der Waals surface area contributed by atoms with Crippen molar-refractivity contribution < 1.29 is 22.4 Å². The number of nitrogens with zero attached hydrogens (tertiary/aromatic N) is 3. The number of piperidine rings is 1. The van der Waals surface area contributed by atoms with Gasteiger partial charge in [0.05, 0.1) is 6.20 Å². The summed E-state index contributed by atoms with van der Waals surface area (Å²) in [5.41, 5.74) is 0.323. The largest absolute Gasteiger partial charge is 0.324 e. The van der Waals surface area contributed by atoms with Crippen molar-refractivity contribution in [1.29, 1.82) is 0 Å². The van der Waals surface area contributed by atoms with Crippen LogP contribution in [0.2, 0.25) is 0 Å². The molecule has 1 aliphatic carbocycles. The standard InChI is InChI=1S/C18H18F4N4O/c19-13-3-1-2-12(16(13)20)11-5-8-25(9-6-11)17(27)24-15-4-7-23-26(15)14-10-18(14,21)22/h1-4,7,11,14H,5-6,8-10H2,(H,24,27). The normalized spacial score (nSPS) is 21.9. The van der Waals surface area contributed by atoms with Crippen LogP contribution in [-0.4, -0.2) is 39.7 Å². The summed E-state index contributed by atoms with van der Waals surface area (Å²) in [5, 5.41) is 6.48. The highest BCUT2D eigenvalue weighted by molar-refractivity contribution is 5.88. The quantitative estimate of drug-likeness (QED) is 0.811. The Morgan fingerprint density at radius 1 is 1.19 bits per heavy atom. The van der Waals surface area contributed by atoms with Crippen LogP contribution in [0.15, 0.2) is 30.5 Å². The van der Waals surface area contributed by atoms with E-state index in [1.165, 1.54) is 23.2 Å². The molecule has 4 rings (SSSR count). The van der Waals surface area contributed by atoms with E-state index >= 15 is 0 Å². The van der Waals surface area contributed by atoms with Crippen LogP contribution in [0, 0.1) is 11.6 Å². The predicted octanol–water partition coefficient (Wildman–Crippen LogP) is 4.15. The topological polar surface area (TPSA) is 50.2 Å². The van der Waals surface area contributed by atoms with E-state index in [1.54, 1.807) is 6.07 Å². The smallest absolute Gasteiger partial charge is 0.322 e. The molecule has 9 heteroatoms. The summed E-state index contributed by atoms with van der Waals surface area (Å²) in [4.78, 5) is 14.0. The lowest BCUT2D eigenvalue weighted by Crippen LogP contribution is -2.41. The molecule has 2 amide bonds. The summed E-state index contributed by atoms with van der Waals surface area (Å²) in [5.74, 6) is -4.45. The van der Waals surface area contributed by atoms with Crippen LogP contribution in [0.4, 0.5) is 28.2 Å². The molecule has 1 aliphatic heterocycles. The number of alkyl halides is 2. The molecule has 1 N–H and O–H groups in total. The lowest BCUT2D eigenvalue weighted by molar-refractivity contribution is 0.0987. The Labute approximate surface area is 153 Å². The number of likely N-dealkylation sites (tertiary alicyclic amines) is 1. The van der Waals surface area contributed by atoms with Gasteiger partial charge in [0.1, 0.15) is 11.9 Å². The highest BCUT2D eigenvalue weighted by atomic mass is 19.3. The number of halogens is 4. The molecule has 2 aliphatic rings. The molecule has 1 saturated carbocycles. The predicted molar refractivity (Wildman–Crippen MR) is 89.8 cm³/mol. The fourth-order valence-electron chi connectivity index (χ4n) is 3.54. The van der Waals surface area contributed by atoms with Crippen molar-refractivity contribution in [3.05, 3.63) is 47.7 Å². The molecule has 1 aromatic heterocycles. The highest BCUT2D eigenvalue weighted by Crippen LogP contribution is 2.53. The second kappa shape index (κ2) is 6.54. The molecular weight excluding hydrogens is 364 g/mol. The monoisotopic (exact) mass is 382 g/mol. The molecule has 0 bridgehead atoms. The average Bonchev–Trinajstić information content (AvgIpc) is 3.05. The Morgan fingerprint density at radius 3 is 2.56 bits per heavy atom. The molecule has 2 aromatic rings. The zero-order valence-electron chi connectivity index (χ0n) is 14.3. The van der Waals surface area contributed by atoms with Crippen LogP contribution in [-0.2, 0) is 0 Å². The van der Waals surface area contributed by atoms with Crippen molar-refractivity contribution in [2.24, 2.45) is 0 Å². The van der Waals surface area contributed by atoms with E-state index in [1.807, 2.05) is 0 Å². The Balaban J connectivity index is 1.37. The summed E-state index contributed by atoms with van der Waals surface area (Å²) in [6.45, 7) is 0.723. The van der Waals surface area contributed by atoms with Gasteiger partial charge in [0.25, 0.3) is 5.92 Å². The molecule has 0 spiro atoms. The van der Waals surface area contributed by atoms with E-state index in [4.69, 9.17) is 0 Å². The van der Waals surface area contributed by atoms with Crippen LogP contribution in [0.1, 0.15) is 36.8 Å². The van der Waals surface area contributed by atoms with Gasteiger partial charge in [-0.3, -0.25) is 5.32 Å². The Morgan fingerprint density at radius 2 is 1.89 bits per heavy atom. The van der Waals surface area contributed by atoms with E-state index in [-0.39, 0.29) is 18.2 Å². The van der Waals surface area contributed by atoms with Crippen molar-refractivity contribution >= 4 is 11.8 Å². The van der Waals surface area contributed by atoms with Crippen molar-refractivity contribution in [2.45, 2.75) is 37.1 Å². The maximum Gasteiger partial charge on any atom is 0.322 e. The zero-order valence-corrected chi connectivity index (χ0v) is 14.3. The third kappa shape index (κ3) is 3.38. The van der Waals surface area contributed by atoms with Crippen molar-refractivity contribution in [2.75, 3.05) is 18.4 Å². The van der Waals surface area contributed by atoms with Crippen LogP contribution in [0.3, 0.4) is 0 Å². The van der Waals surface area contributed by atoms with E-state index in [9.17, 15) is 22.4 Å². The maximum absolute atomic E-state index is 13.9. The third-order valence-electron chi connectivity index (χ3n) is 5.20. The van der Waals surface area contributed by atoms with Gasteiger partial charge in [-0.1, -0.05) is 12.1 Å². The molecule has 5 nitrogen and oxygen atoms in total. The first kappa shape index (κ1) is 17.8. The number of benzene rings is 1. The van der Waals surface area contributed by atoms with Gasteiger partial charge in [-0.2, -0.15) is 5.10 Å². The maximum atomic E-state index is 13.9. The minimum Gasteiger partial charge on any atom is -0.324 e. The molecule has 1 unspecified atom stereocenters. The molecule has 0 radical (unpaired) electrons. The molecule has 1 saturated heterocycles. The minimum atomic E-state index is -2.79. The molecular formula is C18H18F4N4O. The lowest BCUT2D eigenvalue weighted by Gasteiger charge is -2.32. The number of rotatable bonds is 3. The van der Waals surface area contributed by atoms with E-state index < -0.39 is 29.6 Å². The van der Waals surface area contributed by atoms with E-state index in [2.05, 4.69) is 10.4 Å². The number of carbonyl (C=O) groups excluding carboxylic acids is 1.